The van der Waals surface area contributed by atoms with E-state index in [1.54, 1.807) is 20.2 Å². The van der Waals surface area contributed by atoms with Crippen LogP contribution in [-0.4, -0.2) is 78.9 Å². The Morgan fingerprint density at radius 1 is 1.09 bits per heavy atom. The lowest BCUT2D eigenvalue weighted by Crippen LogP contribution is -2.74. The molecule has 10 heteroatoms. The highest BCUT2D eigenvalue weighted by molar-refractivity contribution is 6.32. The number of amides is 1. The van der Waals surface area contributed by atoms with Gasteiger partial charge < -0.3 is 21.5 Å². The number of carbonyl (C=O) groups excluding carboxylic acids is 5. The molecule has 0 spiro atoms. The third-order valence-electron chi connectivity index (χ3n) is 7.40. The minimum Gasteiger partial charge on any atom is -0.399 e. The van der Waals surface area contributed by atoms with E-state index in [1.165, 1.54) is 11.0 Å². The van der Waals surface area contributed by atoms with Crippen molar-refractivity contribution in [3.63, 3.8) is 0 Å². The Morgan fingerprint density at radius 3 is 2.27 bits per heavy atom. The van der Waals surface area contributed by atoms with Crippen LogP contribution in [0.4, 0.5) is 11.4 Å². The smallest absolute Gasteiger partial charge is 0.235 e. The van der Waals surface area contributed by atoms with E-state index in [0.717, 1.165) is 11.3 Å². The molecule has 0 aromatic heterocycles. The summed E-state index contributed by atoms with van der Waals surface area (Å²) >= 11 is 0. The number of benzene rings is 1. The summed E-state index contributed by atoms with van der Waals surface area (Å²) in [6, 6.07) is 2.18. The summed E-state index contributed by atoms with van der Waals surface area (Å²) < 4.78 is 0. The first kappa shape index (κ1) is 23.1. The molecule has 3 aliphatic carbocycles. The summed E-state index contributed by atoms with van der Waals surface area (Å²) in [5.74, 6) is -9.50. The number of ketones is 4. The highest BCUT2D eigenvalue weighted by Gasteiger charge is 2.69. The Kier molecular flexibility index (Phi) is 5.21. The maximum absolute atomic E-state index is 13.7. The summed E-state index contributed by atoms with van der Waals surface area (Å²) in [6.45, 7) is 0. The number of hydrogen-bond acceptors (Lipinski definition) is 9. The summed E-state index contributed by atoms with van der Waals surface area (Å²) in [5.41, 5.74) is 10.8. The van der Waals surface area contributed by atoms with Crippen LogP contribution >= 0.6 is 0 Å². The van der Waals surface area contributed by atoms with Crippen LogP contribution in [0.25, 0.3) is 0 Å². The van der Waals surface area contributed by atoms with E-state index in [0.29, 0.717) is 12.1 Å². The Morgan fingerprint density at radius 2 is 1.73 bits per heavy atom. The van der Waals surface area contributed by atoms with Crippen molar-refractivity contribution < 1.29 is 29.1 Å². The molecule has 4 rings (SSSR count). The number of nitrogens with zero attached hydrogens (tertiary/aromatic N) is 2. The first-order chi connectivity index (χ1) is 15.3. The zero-order chi connectivity index (χ0) is 24.6. The fourth-order valence-corrected chi connectivity index (χ4v) is 6.01. The van der Waals surface area contributed by atoms with E-state index >= 15 is 0 Å². The second-order valence-electron chi connectivity index (χ2n) is 9.75. The topological polar surface area (TPSA) is 164 Å². The van der Waals surface area contributed by atoms with Gasteiger partial charge in [0.25, 0.3) is 0 Å². The number of hydrogen-bond donors (Lipinski definition) is 3. The number of rotatable bonds is 3. The number of primary amides is 1. The Balaban J connectivity index is 1.88. The Labute approximate surface area is 190 Å². The fourth-order valence-electron chi connectivity index (χ4n) is 6.01. The number of fused-ring (bicyclic) bond motifs is 3. The molecule has 1 aromatic rings. The molecule has 2 fully saturated rings. The molecule has 5 N–H and O–H groups in total. The van der Waals surface area contributed by atoms with Crippen molar-refractivity contribution in [1.82, 2.24) is 4.90 Å². The van der Waals surface area contributed by atoms with Gasteiger partial charge in [0.2, 0.25) is 5.91 Å². The van der Waals surface area contributed by atoms with Gasteiger partial charge >= 0.3 is 0 Å². The maximum atomic E-state index is 13.7. The van der Waals surface area contributed by atoms with E-state index in [4.69, 9.17) is 11.5 Å². The first-order valence-electron chi connectivity index (χ1n) is 10.8. The van der Waals surface area contributed by atoms with E-state index in [1.807, 2.05) is 19.0 Å². The molecule has 1 aromatic carbocycles. The Bertz CT molecular complexity index is 1110. The van der Waals surface area contributed by atoms with Gasteiger partial charge in [-0.05, 0) is 50.6 Å². The highest BCUT2D eigenvalue weighted by atomic mass is 16.3. The zero-order valence-corrected chi connectivity index (χ0v) is 19.0. The zero-order valence-electron chi connectivity index (χ0n) is 19.0. The largest absolute Gasteiger partial charge is 0.399 e. The van der Waals surface area contributed by atoms with Crippen molar-refractivity contribution in [2.75, 3.05) is 38.8 Å². The van der Waals surface area contributed by atoms with Gasteiger partial charge in [-0.3, -0.25) is 28.9 Å². The molecule has 0 heterocycles. The van der Waals surface area contributed by atoms with Gasteiger partial charge in [0.1, 0.15) is 0 Å². The summed E-state index contributed by atoms with van der Waals surface area (Å²) in [6.07, 6.45) is 0.431. The van der Waals surface area contributed by atoms with Crippen LogP contribution in [0.5, 0.6) is 0 Å². The number of nitrogen functional groups attached to an aromatic ring is 1. The standard InChI is InChI=1S/C23H28N4O6/c1-26(2)14-8-10(24)7-12-11(14)5-9-6-13-17(27(3)4)19(29)16(22(25)32)21(31)23(13,33)20(30)15(9)18(12)28/h7-9,13,15-17,33H,5-6,24H2,1-4H3,(H2,25,32)/t9?,13?,15?,16?,17?,23-/m0/s1. The monoisotopic (exact) mass is 456 g/mol. The van der Waals surface area contributed by atoms with Crippen molar-refractivity contribution in [2.24, 2.45) is 29.4 Å². The van der Waals surface area contributed by atoms with Gasteiger partial charge in [0, 0.05) is 37.0 Å². The molecule has 3 aliphatic rings. The maximum Gasteiger partial charge on any atom is 0.235 e. The molecule has 10 nitrogen and oxygen atoms in total. The van der Waals surface area contributed by atoms with Crippen molar-refractivity contribution in [2.45, 2.75) is 24.5 Å². The van der Waals surface area contributed by atoms with Gasteiger partial charge in [0.05, 0.1) is 12.0 Å². The summed E-state index contributed by atoms with van der Waals surface area (Å²) in [4.78, 5) is 68.7. The van der Waals surface area contributed by atoms with Gasteiger partial charge in [-0.25, -0.2) is 0 Å². The second kappa shape index (κ2) is 7.46. The van der Waals surface area contributed by atoms with Crippen molar-refractivity contribution in [1.29, 1.82) is 0 Å². The molecule has 6 atom stereocenters. The van der Waals surface area contributed by atoms with Crippen molar-refractivity contribution in [3.05, 3.63) is 23.3 Å². The first-order valence-corrected chi connectivity index (χ1v) is 10.8. The van der Waals surface area contributed by atoms with Gasteiger partial charge in [-0.15, -0.1) is 0 Å². The van der Waals surface area contributed by atoms with Crippen LogP contribution in [0.1, 0.15) is 22.3 Å². The fraction of sp³-hybridized carbons (Fsp3) is 0.522. The van der Waals surface area contributed by atoms with E-state index in [2.05, 4.69) is 0 Å². The normalized spacial score (nSPS) is 33.5. The number of likely N-dealkylation sites (N-methyl/N-ethyl adjacent to an activating group) is 1. The molecule has 2 saturated carbocycles. The lowest BCUT2D eigenvalue weighted by Gasteiger charge is -2.52. The molecular formula is C23H28N4O6. The number of carbonyl (C=O) groups is 5. The second-order valence-corrected chi connectivity index (χ2v) is 9.75. The molecule has 0 radical (unpaired) electrons. The minimum atomic E-state index is -2.65. The van der Waals surface area contributed by atoms with Gasteiger partial charge in [0.15, 0.2) is 34.7 Å². The lowest BCUT2D eigenvalue weighted by atomic mass is 9.52. The van der Waals surface area contributed by atoms with Gasteiger partial charge in [-0.2, -0.15) is 0 Å². The quantitative estimate of drug-likeness (QED) is 0.375. The number of anilines is 2. The lowest BCUT2D eigenvalue weighted by molar-refractivity contribution is -0.181. The van der Waals surface area contributed by atoms with E-state index < -0.39 is 64.4 Å². The number of nitrogens with two attached hydrogens (primary N) is 2. The van der Waals surface area contributed by atoms with Crippen LogP contribution in [0.2, 0.25) is 0 Å². The average molecular weight is 456 g/mol. The van der Waals surface area contributed by atoms with Crippen LogP contribution < -0.4 is 16.4 Å². The molecule has 5 unspecified atom stereocenters. The number of Topliss-reactive ketones (excluding diaryl/α,β-unsaturated/α-hetero) is 4. The van der Waals surface area contributed by atoms with Gasteiger partial charge in [-0.1, -0.05) is 0 Å². The molecule has 1 amide bonds. The highest BCUT2D eigenvalue weighted by Crippen LogP contribution is 2.50. The summed E-state index contributed by atoms with van der Waals surface area (Å²) in [5, 5.41) is 11.5. The van der Waals surface area contributed by atoms with Crippen molar-refractivity contribution in [3.8, 4) is 0 Å². The summed E-state index contributed by atoms with van der Waals surface area (Å²) in [7, 11) is 6.78. The van der Waals surface area contributed by atoms with Crippen molar-refractivity contribution >= 4 is 40.4 Å². The van der Waals surface area contributed by atoms with Crippen LogP contribution in [-0.2, 0) is 25.6 Å². The SMILES string of the molecule is CN(C)c1cc(N)cc2c1CC1CC3C(N(C)C)C(=O)C(C(N)=O)C(=O)[C@@]3(O)C(=O)C1C2=O. The molecule has 0 aliphatic heterocycles. The molecule has 33 heavy (non-hydrogen) atoms. The molecular weight excluding hydrogens is 428 g/mol. The predicted molar refractivity (Wildman–Crippen MR) is 118 cm³/mol. The van der Waals surface area contributed by atoms with E-state index in [-0.39, 0.29) is 12.0 Å². The Hall–Kier alpha value is -3.11. The third kappa shape index (κ3) is 3.04. The minimum absolute atomic E-state index is 0.0845. The van der Waals surface area contributed by atoms with E-state index in [9.17, 15) is 29.1 Å². The number of aliphatic hydroxyl groups is 1. The van der Waals surface area contributed by atoms with Crippen LogP contribution in [0.3, 0.4) is 0 Å². The predicted octanol–water partition coefficient (Wildman–Crippen LogP) is -1.19. The molecule has 0 bridgehead atoms. The van der Waals surface area contributed by atoms with Crippen LogP contribution in [0, 0.1) is 23.7 Å². The third-order valence-corrected chi connectivity index (χ3v) is 7.40. The average Bonchev–Trinajstić information content (AvgIpc) is 2.70. The van der Waals surface area contributed by atoms with Crippen LogP contribution in [0.15, 0.2) is 12.1 Å². The molecule has 176 valence electrons. The molecule has 0 saturated heterocycles.